The molecule has 2 rings (SSSR count). The highest BCUT2D eigenvalue weighted by molar-refractivity contribution is 5.67. The first-order valence-corrected chi connectivity index (χ1v) is 2.80. The maximum atomic E-state index is 2.34. The molecule has 0 nitrogen and oxygen atoms in total. The summed E-state index contributed by atoms with van der Waals surface area (Å²) in [5.41, 5.74) is 4.81. The lowest BCUT2D eigenvalue weighted by atomic mass is 10.3. The van der Waals surface area contributed by atoms with Gasteiger partial charge in [0.2, 0.25) is 0 Å². The Morgan fingerprint density at radius 1 is 1.57 bits per heavy atom. The van der Waals surface area contributed by atoms with Crippen molar-refractivity contribution in [3.05, 3.63) is 22.8 Å². The number of allylic oxidation sites excluding steroid dienone is 4. The van der Waals surface area contributed by atoms with E-state index in [1.807, 2.05) is 0 Å². The van der Waals surface area contributed by atoms with Crippen molar-refractivity contribution in [2.75, 3.05) is 0 Å². The first-order valence-electron chi connectivity index (χ1n) is 2.80. The van der Waals surface area contributed by atoms with E-state index in [0.29, 0.717) is 0 Å². The third kappa shape index (κ3) is 0.277. The van der Waals surface area contributed by atoms with E-state index in [2.05, 4.69) is 13.0 Å². The Balaban J connectivity index is 2.42. The van der Waals surface area contributed by atoms with Crippen LogP contribution < -0.4 is 0 Å². The number of rotatable bonds is 0. The third-order valence-electron chi connectivity index (χ3n) is 1.86. The molecule has 0 aromatic carbocycles. The van der Waals surface area contributed by atoms with Crippen LogP contribution in [0.25, 0.3) is 0 Å². The smallest absolute Gasteiger partial charge is 0.0229 e. The van der Waals surface area contributed by atoms with Gasteiger partial charge in [-0.05, 0) is 36.5 Å². The molecule has 36 valence electrons. The van der Waals surface area contributed by atoms with Gasteiger partial charge in [-0.1, -0.05) is 6.08 Å². The van der Waals surface area contributed by atoms with E-state index in [9.17, 15) is 0 Å². The molecule has 0 N–H and O–H groups in total. The van der Waals surface area contributed by atoms with Gasteiger partial charge in [-0.2, -0.15) is 0 Å². The highest BCUT2D eigenvalue weighted by Gasteiger charge is 2.27. The molecule has 0 atom stereocenters. The van der Waals surface area contributed by atoms with Crippen LogP contribution in [0.2, 0.25) is 0 Å². The van der Waals surface area contributed by atoms with Gasteiger partial charge in [-0.15, -0.1) is 0 Å². The van der Waals surface area contributed by atoms with Gasteiger partial charge in [-0.3, -0.25) is 0 Å². The Labute approximate surface area is 43.5 Å². The average Bonchev–Trinajstić information content (AvgIpc) is 2.26. The van der Waals surface area contributed by atoms with Crippen LogP contribution in [0.3, 0.4) is 0 Å². The van der Waals surface area contributed by atoms with Gasteiger partial charge in [0.25, 0.3) is 0 Å². The van der Waals surface area contributed by atoms with Crippen molar-refractivity contribution in [1.82, 2.24) is 0 Å². The van der Waals surface area contributed by atoms with Crippen molar-refractivity contribution in [1.29, 1.82) is 0 Å². The molecule has 0 saturated carbocycles. The lowest BCUT2D eigenvalue weighted by Crippen LogP contribution is -1.56. The van der Waals surface area contributed by atoms with Crippen LogP contribution in [0, 0.1) is 0 Å². The van der Waals surface area contributed by atoms with Crippen LogP contribution in [0.15, 0.2) is 22.8 Å². The molecular formula is C7H8. The van der Waals surface area contributed by atoms with Crippen molar-refractivity contribution in [2.24, 2.45) is 0 Å². The molecule has 2 aliphatic carbocycles. The molecule has 0 unspecified atom stereocenters. The second-order valence-electron chi connectivity index (χ2n) is 2.26. The zero-order valence-electron chi connectivity index (χ0n) is 4.49. The first kappa shape index (κ1) is 3.48. The summed E-state index contributed by atoms with van der Waals surface area (Å²) in [5, 5.41) is 0. The fraction of sp³-hybridized carbons (Fsp3) is 0.429. The monoisotopic (exact) mass is 92.1 g/mol. The van der Waals surface area contributed by atoms with E-state index >= 15 is 0 Å². The number of hydrogen-bond donors (Lipinski definition) is 0. The molecule has 0 radical (unpaired) electrons. The molecular weight excluding hydrogens is 84.1 g/mol. The number of hydrogen-bond acceptors (Lipinski definition) is 0. The van der Waals surface area contributed by atoms with Crippen LogP contribution in [-0.2, 0) is 0 Å². The van der Waals surface area contributed by atoms with E-state index in [4.69, 9.17) is 0 Å². The molecule has 0 heterocycles. The second kappa shape index (κ2) is 0.835. The zero-order chi connectivity index (χ0) is 4.85. The van der Waals surface area contributed by atoms with Gasteiger partial charge in [-0.25, -0.2) is 0 Å². The summed E-state index contributed by atoms with van der Waals surface area (Å²) in [6, 6.07) is 0. The summed E-state index contributed by atoms with van der Waals surface area (Å²) in [6.45, 7) is 2.21. The Kier molecular flexibility index (Phi) is 0.415. The third-order valence-corrected chi connectivity index (χ3v) is 1.86. The van der Waals surface area contributed by atoms with Gasteiger partial charge >= 0.3 is 0 Å². The Morgan fingerprint density at radius 2 is 2.43 bits per heavy atom. The highest BCUT2D eigenvalue weighted by Crippen LogP contribution is 2.46. The summed E-state index contributed by atoms with van der Waals surface area (Å²) in [5.74, 6) is 0. The topological polar surface area (TPSA) is 0 Å². The molecule has 0 aliphatic heterocycles. The molecule has 0 spiro atoms. The van der Waals surface area contributed by atoms with E-state index in [1.54, 1.807) is 16.7 Å². The Bertz CT molecular complexity index is 170. The molecule has 0 bridgehead atoms. The van der Waals surface area contributed by atoms with Crippen molar-refractivity contribution in [3.8, 4) is 0 Å². The summed E-state index contributed by atoms with van der Waals surface area (Å²) in [7, 11) is 0. The maximum absolute atomic E-state index is 2.34. The van der Waals surface area contributed by atoms with Gasteiger partial charge in [0.1, 0.15) is 0 Å². The predicted molar refractivity (Wildman–Crippen MR) is 30.0 cm³/mol. The van der Waals surface area contributed by atoms with Crippen LogP contribution in [0.5, 0.6) is 0 Å². The fourth-order valence-corrected chi connectivity index (χ4v) is 1.31. The minimum absolute atomic E-state index is 1.31. The summed E-state index contributed by atoms with van der Waals surface area (Å²) in [6.07, 6.45) is 4.98. The minimum atomic E-state index is 1.31. The molecule has 0 fully saturated rings. The number of fused-ring (bicyclic) bond motifs is 1. The van der Waals surface area contributed by atoms with Gasteiger partial charge in [0, 0.05) is 0 Å². The molecule has 7 heavy (non-hydrogen) atoms. The summed E-state index contributed by atoms with van der Waals surface area (Å²) < 4.78 is 0. The molecule has 2 aliphatic rings. The molecule has 0 saturated heterocycles. The maximum Gasteiger partial charge on any atom is -0.0229 e. The largest absolute Gasteiger partial charge is 0.0764 e. The van der Waals surface area contributed by atoms with Crippen LogP contribution in [0.1, 0.15) is 19.8 Å². The van der Waals surface area contributed by atoms with Gasteiger partial charge in [0.05, 0.1) is 0 Å². The van der Waals surface area contributed by atoms with Crippen molar-refractivity contribution in [3.63, 3.8) is 0 Å². The van der Waals surface area contributed by atoms with Crippen LogP contribution in [-0.4, -0.2) is 0 Å². The predicted octanol–water partition coefficient (Wildman–Crippen LogP) is 2.04. The van der Waals surface area contributed by atoms with Gasteiger partial charge in [0.15, 0.2) is 0 Å². The SMILES string of the molecule is CC1=C2CCC=C12. The molecule has 0 heteroatoms. The normalized spacial score (nSPS) is 25.0. The highest BCUT2D eigenvalue weighted by atomic mass is 14.3. The van der Waals surface area contributed by atoms with Crippen molar-refractivity contribution in [2.45, 2.75) is 19.8 Å². The standard InChI is InChI=1S/C7H8/c1-5-6-3-2-4-7(5)6/h3H,2,4H2,1H3. The Hall–Kier alpha value is -0.520. The molecule has 0 aromatic heterocycles. The van der Waals surface area contributed by atoms with Crippen molar-refractivity contribution >= 4 is 0 Å². The van der Waals surface area contributed by atoms with E-state index in [0.717, 1.165) is 0 Å². The quantitative estimate of drug-likeness (QED) is 0.429. The molecule has 0 amide bonds. The van der Waals surface area contributed by atoms with E-state index < -0.39 is 0 Å². The minimum Gasteiger partial charge on any atom is -0.0764 e. The first-order chi connectivity index (χ1) is 3.39. The summed E-state index contributed by atoms with van der Waals surface area (Å²) >= 11 is 0. The fourth-order valence-electron chi connectivity index (χ4n) is 1.31. The molecule has 0 aromatic rings. The Morgan fingerprint density at radius 3 is 2.71 bits per heavy atom. The average molecular weight is 92.1 g/mol. The van der Waals surface area contributed by atoms with Crippen molar-refractivity contribution < 1.29 is 0 Å². The van der Waals surface area contributed by atoms with E-state index in [1.165, 1.54) is 12.8 Å². The summed E-state index contributed by atoms with van der Waals surface area (Å²) in [4.78, 5) is 0. The second-order valence-corrected chi connectivity index (χ2v) is 2.26. The lowest BCUT2D eigenvalue weighted by Gasteiger charge is -1.74. The van der Waals surface area contributed by atoms with Crippen LogP contribution in [0.4, 0.5) is 0 Å². The van der Waals surface area contributed by atoms with E-state index in [-0.39, 0.29) is 0 Å². The van der Waals surface area contributed by atoms with Gasteiger partial charge < -0.3 is 0 Å². The zero-order valence-corrected chi connectivity index (χ0v) is 4.49. The lowest BCUT2D eigenvalue weighted by molar-refractivity contribution is 1.07. The van der Waals surface area contributed by atoms with Crippen LogP contribution >= 0.6 is 0 Å².